The lowest BCUT2D eigenvalue weighted by Gasteiger charge is -2.19. The van der Waals surface area contributed by atoms with Crippen LogP contribution in [0.4, 0.5) is 0 Å². The summed E-state index contributed by atoms with van der Waals surface area (Å²) in [6, 6.07) is 0. The molecule has 3 rings (SSSR count). The third-order valence-electron chi connectivity index (χ3n) is 7.07. The van der Waals surface area contributed by atoms with Crippen LogP contribution in [-0.2, 0) is 4.74 Å². The van der Waals surface area contributed by atoms with Gasteiger partial charge in [-0.1, -0.05) is 30.7 Å². The van der Waals surface area contributed by atoms with Gasteiger partial charge < -0.3 is 19.8 Å². The Bertz CT molecular complexity index is 626. The second kappa shape index (κ2) is 11.3. The Kier molecular flexibility index (Phi) is 8.81. The average molecular weight is 402 g/mol. The highest BCUT2D eigenvalue weighted by molar-refractivity contribution is 5.18. The van der Waals surface area contributed by atoms with Gasteiger partial charge in [0.2, 0.25) is 0 Å². The summed E-state index contributed by atoms with van der Waals surface area (Å²) < 4.78 is 5.84. The summed E-state index contributed by atoms with van der Waals surface area (Å²) in [6.07, 6.45) is 11.8. The van der Waals surface area contributed by atoms with E-state index in [1.807, 2.05) is 19.9 Å². The molecule has 0 unspecified atom stereocenters. The van der Waals surface area contributed by atoms with Crippen molar-refractivity contribution in [2.45, 2.75) is 64.6 Å². The van der Waals surface area contributed by atoms with Crippen LogP contribution in [0.5, 0.6) is 0 Å². The van der Waals surface area contributed by atoms with Gasteiger partial charge in [-0.25, -0.2) is 0 Å². The van der Waals surface area contributed by atoms with E-state index in [2.05, 4.69) is 28.9 Å². The van der Waals surface area contributed by atoms with Crippen molar-refractivity contribution in [2.24, 2.45) is 23.7 Å². The third kappa shape index (κ3) is 6.43. The van der Waals surface area contributed by atoms with Crippen LogP contribution in [0, 0.1) is 35.5 Å². The molecule has 0 radical (unpaired) electrons. The first-order valence-corrected chi connectivity index (χ1v) is 11.5. The predicted molar refractivity (Wildman–Crippen MR) is 117 cm³/mol. The Balaban J connectivity index is 1.43. The minimum atomic E-state index is -0.498. The molecule has 1 saturated heterocycles. The van der Waals surface area contributed by atoms with E-state index in [0.717, 1.165) is 32.4 Å². The zero-order valence-electron chi connectivity index (χ0n) is 18.2. The molecule has 2 N–H and O–H groups in total. The molecular weight excluding hydrogens is 362 g/mol. The van der Waals surface area contributed by atoms with Crippen LogP contribution in [0.1, 0.15) is 52.4 Å². The number of hydrogen-bond donors (Lipinski definition) is 2. The highest BCUT2D eigenvalue weighted by Gasteiger charge is 2.45. The van der Waals surface area contributed by atoms with Crippen molar-refractivity contribution in [1.29, 1.82) is 0 Å². The van der Waals surface area contributed by atoms with Crippen molar-refractivity contribution in [2.75, 3.05) is 32.8 Å². The zero-order valence-corrected chi connectivity index (χ0v) is 18.2. The number of likely N-dealkylation sites (tertiary alicyclic amines) is 1. The molecule has 1 heterocycles. The van der Waals surface area contributed by atoms with Crippen LogP contribution < -0.4 is 0 Å². The Morgan fingerprint density at radius 1 is 1.28 bits per heavy atom. The smallest absolute Gasteiger partial charge is 0.0755 e. The fraction of sp³-hybridized carbons (Fsp3) is 0.760. The van der Waals surface area contributed by atoms with Gasteiger partial charge in [-0.3, -0.25) is 0 Å². The predicted octanol–water partition coefficient (Wildman–Crippen LogP) is 3.40. The van der Waals surface area contributed by atoms with Crippen LogP contribution in [0.2, 0.25) is 0 Å². The van der Waals surface area contributed by atoms with E-state index >= 15 is 0 Å². The summed E-state index contributed by atoms with van der Waals surface area (Å²) in [7, 11) is 0. The lowest BCUT2D eigenvalue weighted by molar-refractivity contribution is 0.132. The van der Waals surface area contributed by atoms with E-state index in [1.54, 1.807) is 0 Å². The molecule has 29 heavy (non-hydrogen) atoms. The van der Waals surface area contributed by atoms with Gasteiger partial charge in [0.15, 0.2) is 0 Å². The van der Waals surface area contributed by atoms with Crippen LogP contribution >= 0.6 is 0 Å². The molecule has 0 aromatic rings. The Labute approximate surface area is 177 Å². The zero-order chi connectivity index (χ0) is 20.6. The van der Waals surface area contributed by atoms with Gasteiger partial charge in [-0.2, -0.15) is 0 Å². The summed E-state index contributed by atoms with van der Waals surface area (Å²) in [5.74, 6) is 7.26. The highest BCUT2D eigenvalue weighted by atomic mass is 16.5. The van der Waals surface area contributed by atoms with Crippen molar-refractivity contribution in [1.82, 2.24) is 4.90 Å². The molecule has 2 aliphatic carbocycles. The maximum Gasteiger partial charge on any atom is 0.0755 e. The summed E-state index contributed by atoms with van der Waals surface area (Å²) in [5.41, 5.74) is 1.48. The van der Waals surface area contributed by atoms with Gasteiger partial charge in [0, 0.05) is 18.9 Å². The number of aliphatic hydroxyl groups is 2. The number of fused-ring (bicyclic) bond motifs is 1. The number of rotatable bonds is 9. The van der Waals surface area contributed by atoms with E-state index in [4.69, 9.17) is 4.74 Å². The van der Waals surface area contributed by atoms with E-state index in [0.29, 0.717) is 24.9 Å². The lowest BCUT2D eigenvalue weighted by Crippen LogP contribution is -2.24. The van der Waals surface area contributed by atoms with Crippen LogP contribution in [0.15, 0.2) is 23.8 Å². The molecule has 0 amide bonds. The van der Waals surface area contributed by atoms with Crippen molar-refractivity contribution in [3.05, 3.63) is 23.8 Å². The van der Waals surface area contributed by atoms with E-state index in [1.165, 1.54) is 31.5 Å². The molecular formula is C25H39NO3. The van der Waals surface area contributed by atoms with Gasteiger partial charge in [-0.15, -0.1) is 11.8 Å². The SMILES string of the molecule is CC#CC[C@H](C)[C@@H](O)/C=C/[C@@H]1[C@H]2CC(=CCOCCN3CCCC3)C[C@H]2C[C@H]1O. The monoisotopic (exact) mass is 401 g/mol. The molecule has 0 aromatic heterocycles. The molecule has 0 bridgehead atoms. The maximum atomic E-state index is 10.5. The molecule has 2 saturated carbocycles. The van der Waals surface area contributed by atoms with Gasteiger partial charge in [0.1, 0.15) is 0 Å². The minimum Gasteiger partial charge on any atom is -0.392 e. The van der Waals surface area contributed by atoms with Crippen molar-refractivity contribution in [3.63, 3.8) is 0 Å². The molecule has 4 heteroatoms. The van der Waals surface area contributed by atoms with Crippen LogP contribution in [0.25, 0.3) is 0 Å². The standard InChI is InChI=1S/C25H39NO3/c1-3-4-7-19(2)24(27)9-8-22-23-17-20(16-21(23)18-25(22)28)10-14-29-15-13-26-11-5-6-12-26/h8-10,19,21-25,27-28H,5-7,11-18H2,1-2H3/b9-8+,20-10?/t19-,21-,22+,23-,24-,25+/m0/s1. The molecule has 3 aliphatic rings. The molecule has 4 nitrogen and oxygen atoms in total. The van der Waals surface area contributed by atoms with Crippen molar-refractivity contribution >= 4 is 0 Å². The summed E-state index contributed by atoms with van der Waals surface area (Å²) in [4.78, 5) is 2.48. The fourth-order valence-corrected chi connectivity index (χ4v) is 5.22. The van der Waals surface area contributed by atoms with Crippen LogP contribution in [-0.4, -0.2) is 60.2 Å². The van der Waals surface area contributed by atoms with E-state index < -0.39 is 6.10 Å². The molecule has 6 atom stereocenters. The molecule has 0 aromatic carbocycles. The van der Waals surface area contributed by atoms with E-state index in [9.17, 15) is 10.2 Å². The summed E-state index contributed by atoms with van der Waals surface area (Å²) >= 11 is 0. The number of ether oxygens (including phenoxy) is 1. The first kappa shape index (κ1) is 22.6. The molecule has 3 fully saturated rings. The van der Waals surface area contributed by atoms with E-state index in [-0.39, 0.29) is 17.9 Å². The molecule has 0 spiro atoms. The molecule has 162 valence electrons. The quantitative estimate of drug-likeness (QED) is 0.353. The number of allylic oxidation sites excluding steroid dienone is 1. The normalized spacial score (nSPS) is 33.2. The topological polar surface area (TPSA) is 52.9 Å². The number of hydrogen-bond acceptors (Lipinski definition) is 4. The summed E-state index contributed by atoms with van der Waals surface area (Å²) in [6.45, 7) is 8.88. The highest BCUT2D eigenvalue weighted by Crippen LogP contribution is 2.50. The van der Waals surface area contributed by atoms with Crippen molar-refractivity contribution < 1.29 is 14.9 Å². The Morgan fingerprint density at radius 2 is 2.07 bits per heavy atom. The van der Waals surface area contributed by atoms with Gasteiger partial charge >= 0.3 is 0 Å². The summed E-state index contributed by atoms with van der Waals surface area (Å²) in [5, 5.41) is 20.9. The minimum absolute atomic E-state index is 0.116. The first-order chi connectivity index (χ1) is 14.1. The van der Waals surface area contributed by atoms with Gasteiger partial charge in [-0.05, 0) is 69.9 Å². The number of aliphatic hydroxyl groups excluding tert-OH is 2. The maximum absolute atomic E-state index is 10.5. The Morgan fingerprint density at radius 3 is 2.83 bits per heavy atom. The average Bonchev–Trinajstić information content (AvgIpc) is 3.41. The van der Waals surface area contributed by atoms with Gasteiger partial charge in [0.25, 0.3) is 0 Å². The second-order valence-electron chi connectivity index (χ2n) is 9.18. The second-order valence-corrected chi connectivity index (χ2v) is 9.18. The molecule has 1 aliphatic heterocycles. The van der Waals surface area contributed by atoms with Gasteiger partial charge in [0.05, 0.1) is 25.4 Å². The third-order valence-corrected chi connectivity index (χ3v) is 7.07. The fourth-order valence-electron chi connectivity index (χ4n) is 5.22. The largest absolute Gasteiger partial charge is 0.392 e. The lowest BCUT2D eigenvalue weighted by atomic mass is 9.89. The number of nitrogens with zero attached hydrogens (tertiary/aromatic N) is 1. The van der Waals surface area contributed by atoms with Crippen molar-refractivity contribution in [3.8, 4) is 11.8 Å². The first-order valence-electron chi connectivity index (χ1n) is 11.5. The Hall–Kier alpha value is -1.12. The van der Waals surface area contributed by atoms with Crippen LogP contribution in [0.3, 0.4) is 0 Å².